The van der Waals surface area contributed by atoms with Crippen LogP contribution in [-0.2, 0) is 6.18 Å². The van der Waals surface area contributed by atoms with E-state index in [-0.39, 0.29) is 0 Å². The highest BCUT2D eigenvalue weighted by atomic mass is 32.1. The summed E-state index contributed by atoms with van der Waals surface area (Å²) in [6.45, 7) is 1.89. The fourth-order valence-corrected chi connectivity index (χ4v) is 3.35. The lowest BCUT2D eigenvalue weighted by Gasteiger charge is -2.06. The van der Waals surface area contributed by atoms with Crippen LogP contribution in [0.3, 0.4) is 0 Å². The highest BCUT2D eigenvalue weighted by Gasteiger charge is 2.30. The second-order valence-electron chi connectivity index (χ2n) is 5.65. The summed E-state index contributed by atoms with van der Waals surface area (Å²) < 4.78 is 43.1. The van der Waals surface area contributed by atoms with E-state index >= 15 is 0 Å². The fraction of sp³-hybridized carbons (Fsp3) is 0.150. The largest absolute Gasteiger partial charge is 0.497 e. The van der Waals surface area contributed by atoms with E-state index in [0.29, 0.717) is 10.6 Å². The molecule has 0 radical (unpaired) electrons. The predicted octanol–water partition coefficient (Wildman–Crippen LogP) is 6.32. The summed E-state index contributed by atoms with van der Waals surface area (Å²) in [5.74, 6) is 0.792. The highest BCUT2D eigenvalue weighted by Crippen LogP contribution is 2.33. The zero-order valence-electron chi connectivity index (χ0n) is 14.2. The van der Waals surface area contributed by atoms with Crippen LogP contribution in [0.2, 0.25) is 0 Å². The van der Waals surface area contributed by atoms with Crippen molar-refractivity contribution in [1.29, 1.82) is 0 Å². The molecule has 0 spiro atoms. The zero-order valence-corrected chi connectivity index (χ0v) is 15.0. The predicted molar refractivity (Wildman–Crippen MR) is 99.2 cm³/mol. The molecule has 0 aliphatic carbocycles. The molecule has 0 bridgehead atoms. The van der Waals surface area contributed by atoms with Gasteiger partial charge >= 0.3 is 6.18 Å². The summed E-state index contributed by atoms with van der Waals surface area (Å²) in [6.07, 6.45) is -0.400. The molecule has 0 aliphatic rings. The van der Waals surface area contributed by atoms with Crippen molar-refractivity contribution >= 4 is 23.5 Å². The Bertz CT molecular complexity index is 910. The average molecular weight is 375 g/mol. The normalized spacial score (nSPS) is 11.9. The van der Waals surface area contributed by atoms with Gasteiger partial charge in [-0.25, -0.2) is 4.98 Å². The highest BCUT2D eigenvalue weighted by molar-refractivity contribution is 7.16. The van der Waals surface area contributed by atoms with E-state index in [2.05, 4.69) is 4.98 Å². The van der Waals surface area contributed by atoms with Gasteiger partial charge in [-0.1, -0.05) is 30.3 Å². The van der Waals surface area contributed by atoms with Gasteiger partial charge in [-0.05, 0) is 42.8 Å². The van der Waals surface area contributed by atoms with Crippen molar-refractivity contribution in [3.05, 3.63) is 70.2 Å². The summed E-state index contributed by atoms with van der Waals surface area (Å²) in [7, 11) is 1.62. The number of hydrogen-bond acceptors (Lipinski definition) is 3. The molecule has 1 heterocycles. The van der Waals surface area contributed by atoms with Crippen molar-refractivity contribution in [2.24, 2.45) is 0 Å². The van der Waals surface area contributed by atoms with Crippen molar-refractivity contribution in [3.8, 4) is 16.3 Å². The quantitative estimate of drug-likeness (QED) is 0.533. The molecule has 0 fully saturated rings. The minimum atomic E-state index is -4.33. The van der Waals surface area contributed by atoms with Crippen LogP contribution < -0.4 is 4.74 Å². The second kappa shape index (κ2) is 7.33. The summed E-state index contributed by atoms with van der Waals surface area (Å²) >= 11 is 1.45. The SMILES string of the molecule is COc1ccc(/C=C/c2sc(-c3ccc(C(F)(F)F)cc3)nc2C)cc1. The van der Waals surface area contributed by atoms with Gasteiger partial charge in [0.1, 0.15) is 10.8 Å². The Morgan fingerprint density at radius 2 is 1.62 bits per heavy atom. The number of alkyl halides is 3. The molecule has 0 N–H and O–H groups in total. The number of ether oxygens (including phenoxy) is 1. The molecule has 0 amide bonds. The smallest absolute Gasteiger partial charge is 0.416 e. The van der Waals surface area contributed by atoms with Gasteiger partial charge in [0.15, 0.2) is 0 Å². The summed E-state index contributed by atoms with van der Waals surface area (Å²) in [5, 5.41) is 0.700. The molecule has 0 saturated heterocycles. The van der Waals surface area contributed by atoms with Gasteiger partial charge in [0.2, 0.25) is 0 Å². The molecule has 6 heteroatoms. The van der Waals surface area contributed by atoms with E-state index in [1.54, 1.807) is 7.11 Å². The maximum atomic E-state index is 12.7. The fourth-order valence-electron chi connectivity index (χ4n) is 2.38. The number of nitrogens with zero attached hydrogens (tertiary/aromatic N) is 1. The van der Waals surface area contributed by atoms with E-state index in [9.17, 15) is 13.2 Å². The summed E-state index contributed by atoms with van der Waals surface area (Å²) in [4.78, 5) is 5.45. The lowest BCUT2D eigenvalue weighted by atomic mass is 10.1. The third-order valence-corrected chi connectivity index (χ3v) is 5.01. The molecule has 26 heavy (non-hydrogen) atoms. The van der Waals surface area contributed by atoms with Gasteiger partial charge in [-0.3, -0.25) is 0 Å². The Balaban J connectivity index is 1.81. The summed E-state index contributed by atoms with van der Waals surface area (Å²) in [5.41, 5.74) is 1.88. The van der Waals surface area contributed by atoms with Crippen molar-refractivity contribution in [1.82, 2.24) is 4.98 Å². The molecule has 1 aromatic heterocycles. The van der Waals surface area contributed by atoms with Gasteiger partial charge < -0.3 is 4.74 Å². The van der Waals surface area contributed by atoms with Crippen LogP contribution in [0.4, 0.5) is 13.2 Å². The van der Waals surface area contributed by atoms with E-state index in [4.69, 9.17) is 4.74 Å². The Hall–Kier alpha value is -2.60. The number of methoxy groups -OCH3 is 1. The Morgan fingerprint density at radius 1 is 0.962 bits per heavy atom. The van der Waals surface area contributed by atoms with E-state index < -0.39 is 11.7 Å². The van der Waals surface area contributed by atoms with Gasteiger partial charge in [0.05, 0.1) is 23.2 Å². The van der Waals surface area contributed by atoms with Gasteiger partial charge in [0.25, 0.3) is 0 Å². The van der Waals surface area contributed by atoms with Crippen molar-refractivity contribution in [2.75, 3.05) is 7.11 Å². The van der Waals surface area contributed by atoms with E-state index in [0.717, 1.165) is 34.0 Å². The standard InChI is InChI=1S/C20H16F3NOS/c1-13-18(12-5-14-3-10-17(25-2)11-4-14)26-19(24-13)15-6-8-16(9-7-15)20(21,22)23/h3-12H,1-2H3/b12-5+. The van der Waals surface area contributed by atoms with Crippen LogP contribution >= 0.6 is 11.3 Å². The Labute approximate surface area is 153 Å². The van der Waals surface area contributed by atoms with Crippen LogP contribution in [0.15, 0.2) is 48.5 Å². The Morgan fingerprint density at radius 3 is 2.19 bits per heavy atom. The molecule has 0 aliphatic heterocycles. The van der Waals surface area contributed by atoms with Gasteiger partial charge in [-0.2, -0.15) is 13.2 Å². The molecule has 0 unspecified atom stereocenters. The van der Waals surface area contributed by atoms with Crippen LogP contribution in [0.5, 0.6) is 5.75 Å². The van der Waals surface area contributed by atoms with Crippen LogP contribution in [0.1, 0.15) is 21.7 Å². The van der Waals surface area contributed by atoms with Crippen molar-refractivity contribution < 1.29 is 17.9 Å². The molecule has 0 atom stereocenters. The molecule has 134 valence electrons. The molecule has 3 aromatic rings. The molecule has 2 aromatic carbocycles. The first-order chi connectivity index (χ1) is 12.4. The van der Waals surface area contributed by atoms with Gasteiger partial charge in [-0.15, -0.1) is 11.3 Å². The van der Waals surface area contributed by atoms with Crippen molar-refractivity contribution in [3.63, 3.8) is 0 Å². The third-order valence-electron chi connectivity index (χ3n) is 3.83. The van der Waals surface area contributed by atoms with Crippen LogP contribution in [0.25, 0.3) is 22.7 Å². The lowest BCUT2D eigenvalue weighted by molar-refractivity contribution is -0.137. The lowest BCUT2D eigenvalue weighted by Crippen LogP contribution is -2.03. The van der Waals surface area contributed by atoms with Gasteiger partial charge in [0, 0.05) is 5.56 Å². The molecule has 0 saturated carbocycles. The minimum Gasteiger partial charge on any atom is -0.497 e. The molecular weight excluding hydrogens is 359 g/mol. The van der Waals surface area contributed by atoms with Crippen LogP contribution in [0, 0.1) is 6.92 Å². The first-order valence-electron chi connectivity index (χ1n) is 7.84. The third kappa shape index (κ3) is 4.14. The number of aryl methyl sites for hydroxylation is 1. The summed E-state index contributed by atoms with van der Waals surface area (Å²) in [6, 6.07) is 12.7. The average Bonchev–Trinajstić information content (AvgIpc) is 3.00. The first kappa shape index (κ1) is 18.2. The number of benzene rings is 2. The topological polar surface area (TPSA) is 22.1 Å². The second-order valence-corrected chi connectivity index (χ2v) is 6.68. The zero-order chi connectivity index (χ0) is 18.7. The number of rotatable bonds is 4. The van der Waals surface area contributed by atoms with E-state index in [1.165, 1.54) is 23.5 Å². The van der Waals surface area contributed by atoms with E-state index in [1.807, 2.05) is 43.3 Å². The number of thiazole rings is 1. The maximum absolute atomic E-state index is 12.7. The first-order valence-corrected chi connectivity index (χ1v) is 8.65. The number of hydrogen-bond donors (Lipinski definition) is 0. The number of aromatic nitrogens is 1. The Kier molecular flexibility index (Phi) is 5.13. The van der Waals surface area contributed by atoms with Crippen molar-refractivity contribution in [2.45, 2.75) is 13.1 Å². The van der Waals surface area contributed by atoms with Crippen LogP contribution in [-0.4, -0.2) is 12.1 Å². The minimum absolute atomic E-state index is 0.658. The monoisotopic (exact) mass is 375 g/mol. The maximum Gasteiger partial charge on any atom is 0.416 e. The molecule has 3 rings (SSSR count). The number of halogens is 3. The molecule has 2 nitrogen and oxygen atoms in total. The molecular formula is C20H16F3NOS.